The van der Waals surface area contributed by atoms with Crippen LogP contribution in [0, 0.1) is 11.3 Å². The van der Waals surface area contributed by atoms with Gasteiger partial charge in [0.2, 0.25) is 0 Å². The van der Waals surface area contributed by atoms with Crippen LogP contribution < -0.4 is 5.73 Å². The van der Waals surface area contributed by atoms with Gasteiger partial charge in [0.1, 0.15) is 11.7 Å². The minimum absolute atomic E-state index is 0.283. The van der Waals surface area contributed by atoms with Crippen molar-refractivity contribution >= 4 is 11.7 Å². The maximum absolute atomic E-state index is 11.7. The summed E-state index contributed by atoms with van der Waals surface area (Å²) >= 11 is 0. The van der Waals surface area contributed by atoms with Crippen molar-refractivity contribution in [3.63, 3.8) is 0 Å². The van der Waals surface area contributed by atoms with Gasteiger partial charge in [-0.3, -0.25) is 0 Å². The second-order valence-corrected chi connectivity index (χ2v) is 4.42. The first-order valence-corrected chi connectivity index (χ1v) is 4.86. The standard InChI is InChI=1S/C12H14N2O2/c1-12(2,3)16-11(15)8-4-5-9(7-13)10(14)6-8/h4-6H,14H2,1-3H3. The Balaban J connectivity index is 2.95. The first kappa shape index (κ1) is 12.1. The summed E-state index contributed by atoms with van der Waals surface area (Å²) in [6.45, 7) is 5.37. The molecule has 16 heavy (non-hydrogen) atoms. The minimum atomic E-state index is -0.542. The highest BCUT2D eigenvalue weighted by Crippen LogP contribution is 2.16. The van der Waals surface area contributed by atoms with Crippen LogP contribution in [0.5, 0.6) is 0 Å². The summed E-state index contributed by atoms with van der Waals surface area (Å²) in [4.78, 5) is 11.7. The van der Waals surface area contributed by atoms with E-state index in [-0.39, 0.29) is 5.69 Å². The largest absolute Gasteiger partial charge is 0.456 e. The third-order valence-corrected chi connectivity index (χ3v) is 1.81. The van der Waals surface area contributed by atoms with E-state index in [0.717, 1.165) is 0 Å². The Morgan fingerprint density at radius 2 is 2.06 bits per heavy atom. The molecule has 0 spiro atoms. The van der Waals surface area contributed by atoms with E-state index in [2.05, 4.69) is 0 Å². The number of nitrogens with zero attached hydrogens (tertiary/aromatic N) is 1. The zero-order chi connectivity index (χ0) is 12.3. The molecule has 0 radical (unpaired) electrons. The van der Waals surface area contributed by atoms with Crippen molar-refractivity contribution < 1.29 is 9.53 Å². The Hall–Kier alpha value is -2.02. The van der Waals surface area contributed by atoms with Crippen LogP contribution in [0.2, 0.25) is 0 Å². The lowest BCUT2D eigenvalue weighted by atomic mass is 10.1. The van der Waals surface area contributed by atoms with E-state index >= 15 is 0 Å². The number of esters is 1. The fourth-order valence-corrected chi connectivity index (χ4v) is 1.13. The quantitative estimate of drug-likeness (QED) is 0.578. The molecule has 0 amide bonds. The van der Waals surface area contributed by atoms with Gasteiger partial charge in [-0.2, -0.15) is 5.26 Å². The molecule has 0 aliphatic carbocycles. The third-order valence-electron chi connectivity index (χ3n) is 1.81. The van der Waals surface area contributed by atoms with Gasteiger partial charge < -0.3 is 10.5 Å². The number of hydrogen-bond acceptors (Lipinski definition) is 4. The zero-order valence-corrected chi connectivity index (χ0v) is 9.57. The monoisotopic (exact) mass is 218 g/mol. The van der Waals surface area contributed by atoms with Crippen molar-refractivity contribution in [2.24, 2.45) is 0 Å². The summed E-state index contributed by atoms with van der Waals surface area (Å²) in [6, 6.07) is 6.42. The van der Waals surface area contributed by atoms with Crippen LogP contribution >= 0.6 is 0 Å². The van der Waals surface area contributed by atoms with E-state index < -0.39 is 11.6 Å². The Bertz CT molecular complexity index is 453. The first-order valence-electron chi connectivity index (χ1n) is 4.86. The topological polar surface area (TPSA) is 76.1 Å². The second-order valence-electron chi connectivity index (χ2n) is 4.42. The van der Waals surface area contributed by atoms with Gasteiger partial charge in [-0.25, -0.2) is 4.79 Å². The second kappa shape index (κ2) is 4.23. The smallest absolute Gasteiger partial charge is 0.338 e. The third kappa shape index (κ3) is 2.99. The van der Waals surface area contributed by atoms with E-state index in [9.17, 15) is 4.79 Å². The summed E-state index contributed by atoms with van der Waals surface area (Å²) in [5.41, 5.74) is 6.05. The maximum atomic E-state index is 11.7. The van der Waals surface area contributed by atoms with Crippen LogP contribution in [0.15, 0.2) is 18.2 Å². The predicted molar refractivity (Wildman–Crippen MR) is 60.7 cm³/mol. The summed E-state index contributed by atoms with van der Waals surface area (Å²) in [7, 11) is 0. The number of anilines is 1. The molecule has 0 unspecified atom stereocenters. The van der Waals surface area contributed by atoms with E-state index in [1.807, 2.05) is 6.07 Å². The van der Waals surface area contributed by atoms with E-state index in [4.69, 9.17) is 15.7 Å². The van der Waals surface area contributed by atoms with Gasteiger partial charge in [0.25, 0.3) is 0 Å². The maximum Gasteiger partial charge on any atom is 0.338 e. The van der Waals surface area contributed by atoms with Gasteiger partial charge in [-0.15, -0.1) is 0 Å². The molecule has 0 heterocycles. The SMILES string of the molecule is CC(C)(C)OC(=O)c1ccc(C#N)c(N)c1. The molecule has 4 heteroatoms. The molecule has 0 saturated heterocycles. The molecule has 2 N–H and O–H groups in total. The molecule has 0 atom stereocenters. The predicted octanol–water partition coefficient (Wildman–Crippen LogP) is 2.10. The normalized spacial score (nSPS) is 10.6. The summed E-state index contributed by atoms with van der Waals surface area (Å²) < 4.78 is 5.17. The molecule has 0 bridgehead atoms. The Morgan fingerprint density at radius 1 is 1.44 bits per heavy atom. The molecule has 4 nitrogen and oxygen atoms in total. The van der Waals surface area contributed by atoms with Crippen molar-refractivity contribution in [1.82, 2.24) is 0 Å². The van der Waals surface area contributed by atoms with Crippen LogP contribution in [0.1, 0.15) is 36.7 Å². The van der Waals surface area contributed by atoms with Gasteiger partial charge in [-0.05, 0) is 39.0 Å². The highest BCUT2D eigenvalue weighted by atomic mass is 16.6. The highest BCUT2D eigenvalue weighted by Gasteiger charge is 2.18. The van der Waals surface area contributed by atoms with E-state index in [1.165, 1.54) is 18.2 Å². The Labute approximate surface area is 94.6 Å². The Morgan fingerprint density at radius 3 is 2.50 bits per heavy atom. The lowest BCUT2D eigenvalue weighted by molar-refractivity contribution is 0.00696. The van der Waals surface area contributed by atoms with Gasteiger partial charge >= 0.3 is 5.97 Å². The number of nitrogens with two attached hydrogens (primary N) is 1. The number of nitriles is 1. The summed E-state index contributed by atoms with van der Waals surface area (Å²) in [5.74, 6) is -0.441. The van der Waals surface area contributed by atoms with E-state index in [0.29, 0.717) is 11.1 Å². The van der Waals surface area contributed by atoms with Crippen molar-refractivity contribution in [3.8, 4) is 6.07 Å². The molecule has 0 aliphatic heterocycles. The number of carbonyl (C=O) groups is 1. The molecule has 0 saturated carbocycles. The van der Waals surface area contributed by atoms with Crippen LogP contribution in [0.4, 0.5) is 5.69 Å². The molecule has 0 fully saturated rings. The lowest BCUT2D eigenvalue weighted by Gasteiger charge is -2.19. The highest BCUT2D eigenvalue weighted by molar-refractivity contribution is 5.91. The number of ether oxygens (including phenoxy) is 1. The van der Waals surface area contributed by atoms with Crippen LogP contribution in [0.3, 0.4) is 0 Å². The van der Waals surface area contributed by atoms with Crippen LogP contribution in [-0.2, 0) is 4.74 Å². The molecule has 1 aromatic rings. The number of rotatable bonds is 1. The molecule has 1 aromatic carbocycles. The molecule has 0 aromatic heterocycles. The lowest BCUT2D eigenvalue weighted by Crippen LogP contribution is -2.23. The van der Waals surface area contributed by atoms with Gasteiger partial charge in [0.05, 0.1) is 16.8 Å². The molecular weight excluding hydrogens is 204 g/mol. The average Bonchev–Trinajstić information content (AvgIpc) is 2.15. The molecule has 1 rings (SSSR count). The number of benzene rings is 1. The van der Waals surface area contributed by atoms with Crippen LogP contribution in [-0.4, -0.2) is 11.6 Å². The number of nitrogen functional groups attached to an aromatic ring is 1. The van der Waals surface area contributed by atoms with Gasteiger partial charge in [0.15, 0.2) is 0 Å². The number of carbonyl (C=O) groups excluding carboxylic acids is 1. The fourth-order valence-electron chi connectivity index (χ4n) is 1.13. The van der Waals surface area contributed by atoms with Crippen molar-refractivity contribution in [2.75, 3.05) is 5.73 Å². The van der Waals surface area contributed by atoms with Crippen molar-refractivity contribution in [2.45, 2.75) is 26.4 Å². The van der Waals surface area contributed by atoms with E-state index in [1.54, 1.807) is 20.8 Å². The van der Waals surface area contributed by atoms with Crippen molar-refractivity contribution in [3.05, 3.63) is 29.3 Å². The summed E-state index contributed by atoms with van der Waals surface area (Å²) in [6.07, 6.45) is 0. The van der Waals surface area contributed by atoms with Gasteiger partial charge in [-0.1, -0.05) is 0 Å². The first-order chi connectivity index (χ1) is 7.33. The molecule has 84 valence electrons. The van der Waals surface area contributed by atoms with Crippen LogP contribution in [0.25, 0.3) is 0 Å². The van der Waals surface area contributed by atoms with Gasteiger partial charge in [0, 0.05) is 0 Å². The van der Waals surface area contributed by atoms with Crippen molar-refractivity contribution in [1.29, 1.82) is 5.26 Å². The molecule has 0 aliphatic rings. The minimum Gasteiger partial charge on any atom is -0.456 e. The average molecular weight is 218 g/mol. The summed E-state index contributed by atoms with van der Waals surface area (Å²) in [5, 5.41) is 8.69. The molecular formula is C12H14N2O2. The fraction of sp³-hybridized carbons (Fsp3) is 0.333. The number of hydrogen-bond donors (Lipinski definition) is 1. The Kier molecular flexibility index (Phi) is 3.19. The zero-order valence-electron chi connectivity index (χ0n) is 9.57.